The quantitative estimate of drug-likeness (QED) is 0.236. The second kappa shape index (κ2) is 12.4. The monoisotopic (exact) mass is 578 g/mol. The third-order valence-electron chi connectivity index (χ3n) is 5.23. The van der Waals surface area contributed by atoms with Crippen molar-refractivity contribution in [2.45, 2.75) is 64.8 Å². The number of nitrogens with one attached hydrogen (secondary N) is 1. The third kappa shape index (κ3) is 8.84. The molecule has 0 saturated carbocycles. The van der Waals surface area contributed by atoms with E-state index in [1.165, 1.54) is 0 Å². The van der Waals surface area contributed by atoms with Gasteiger partial charge in [0.15, 0.2) is 6.04 Å². The van der Waals surface area contributed by atoms with Gasteiger partial charge in [-0.05, 0) is 59.2 Å². The Balaban J connectivity index is 2.21. The van der Waals surface area contributed by atoms with Crippen molar-refractivity contribution in [1.82, 2.24) is 5.32 Å². The predicted molar refractivity (Wildman–Crippen MR) is 154 cm³/mol. The van der Waals surface area contributed by atoms with Gasteiger partial charge in [-0.25, -0.2) is 9.59 Å². The highest BCUT2D eigenvalue weighted by molar-refractivity contribution is 9.10. The van der Waals surface area contributed by atoms with Crippen LogP contribution in [0.3, 0.4) is 0 Å². The van der Waals surface area contributed by atoms with Crippen LogP contribution in [0, 0.1) is 0 Å². The first kappa shape index (κ1) is 29.1. The van der Waals surface area contributed by atoms with Gasteiger partial charge in [-0.3, -0.25) is 4.99 Å². The second-order valence-electron chi connectivity index (χ2n) is 10.9. The van der Waals surface area contributed by atoms with E-state index in [0.717, 1.165) is 15.6 Å². The van der Waals surface area contributed by atoms with E-state index in [2.05, 4.69) is 21.2 Å². The summed E-state index contributed by atoms with van der Waals surface area (Å²) in [5.74, 6) is -0.564. The maximum Gasteiger partial charge on any atom is 0.408 e. The van der Waals surface area contributed by atoms with E-state index in [1.807, 2.05) is 84.9 Å². The van der Waals surface area contributed by atoms with Gasteiger partial charge in [-0.2, -0.15) is 0 Å². The van der Waals surface area contributed by atoms with E-state index >= 15 is 0 Å². The number of amides is 1. The fourth-order valence-electron chi connectivity index (χ4n) is 3.72. The molecule has 3 aromatic rings. The summed E-state index contributed by atoms with van der Waals surface area (Å²) in [5, 5.41) is 2.90. The molecule has 1 amide bonds. The first-order valence-electron chi connectivity index (χ1n) is 12.5. The van der Waals surface area contributed by atoms with Gasteiger partial charge < -0.3 is 14.8 Å². The van der Waals surface area contributed by atoms with Crippen LogP contribution in [0.2, 0.25) is 0 Å². The number of alkyl carbamates (subject to hydrolysis) is 1. The van der Waals surface area contributed by atoms with Crippen molar-refractivity contribution < 1.29 is 19.1 Å². The number of rotatable bonds is 7. The van der Waals surface area contributed by atoms with Crippen molar-refractivity contribution in [3.05, 3.63) is 106 Å². The van der Waals surface area contributed by atoms with Crippen molar-refractivity contribution >= 4 is 33.7 Å². The van der Waals surface area contributed by atoms with Crippen molar-refractivity contribution in [3.63, 3.8) is 0 Å². The molecule has 38 heavy (non-hydrogen) atoms. The Morgan fingerprint density at radius 2 is 1.21 bits per heavy atom. The van der Waals surface area contributed by atoms with Crippen LogP contribution in [0.1, 0.15) is 64.3 Å². The number of nitrogens with zero attached hydrogens (tertiary/aromatic N) is 1. The van der Waals surface area contributed by atoms with Crippen LogP contribution in [-0.2, 0) is 14.3 Å². The van der Waals surface area contributed by atoms with Gasteiger partial charge in [0.05, 0.1) is 11.8 Å². The van der Waals surface area contributed by atoms with Crippen molar-refractivity contribution in [2.75, 3.05) is 0 Å². The maximum atomic E-state index is 13.8. The molecule has 0 aliphatic carbocycles. The van der Waals surface area contributed by atoms with Crippen LogP contribution in [-0.4, -0.2) is 35.0 Å². The highest BCUT2D eigenvalue weighted by Crippen LogP contribution is 2.27. The van der Waals surface area contributed by atoms with E-state index < -0.39 is 35.3 Å². The lowest BCUT2D eigenvalue weighted by Crippen LogP contribution is -2.44. The Hall–Kier alpha value is -3.45. The summed E-state index contributed by atoms with van der Waals surface area (Å²) < 4.78 is 12.3. The molecular weight excluding hydrogens is 544 g/mol. The molecule has 6 nitrogen and oxygen atoms in total. The summed E-state index contributed by atoms with van der Waals surface area (Å²) in [7, 11) is 0. The van der Waals surface area contributed by atoms with E-state index in [-0.39, 0.29) is 0 Å². The van der Waals surface area contributed by atoms with Gasteiger partial charge in [0.25, 0.3) is 0 Å². The van der Waals surface area contributed by atoms with Crippen LogP contribution < -0.4 is 5.32 Å². The van der Waals surface area contributed by atoms with Crippen LogP contribution >= 0.6 is 15.9 Å². The normalized spacial score (nSPS) is 13.1. The SMILES string of the molecule is CC(C)(C)OC(=O)N[C@H](c1ccc(Br)cc1)[C@H](N=C(c1ccccc1)c1ccccc1)C(=O)OC(C)(C)C. The number of halogens is 1. The summed E-state index contributed by atoms with van der Waals surface area (Å²) in [5.41, 5.74) is 1.46. The zero-order chi connectivity index (χ0) is 27.9. The number of ether oxygens (including phenoxy) is 2. The number of hydrogen-bond donors (Lipinski definition) is 1. The minimum Gasteiger partial charge on any atom is -0.458 e. The minimum atomic E-state index is -1.11. The molecule has 0 aromatic heterocycles. The van der Waals surface area contributed by atoms with E-state index in [9.17, 15) is 9.59 Å². The van der Waals surface area contributed by atoms with Gasteiger partial charge in [-0.1, -0.05) is 88.7 Å². The zero-order valence-electron chi connectivity index (χ0n) is 22.7. The Bertz CT molecular complexity index is 1200. The molecule has 3 rings (SSSR count). The molecule has 7 heteroatoms. The molecule has 0 radical (unpaired) electrons. The predicted octanol–water partition coefficient (Wildman–Crippen LogP) is 7.26. The van der Waals surface area contributed by atoms with E-state index in [1.54, 1.807) is 41.5 Å². The first-order valence-corrected chi connectivity index (χ1v) is 13.3. The summed E-state index contributed by atoms with van der Waals surface area (Å²) in [6.45, 7) is 10.8. The number of esters is 1. The Labute approximate surface area is 233 Å². The summed E-state index contributed by atoms with van der Waals surface area (Å²) in [6, 6.07) is 24.7. The number of carbonyl (C=O) groups excluding carboxylic acids is 2. The molecule has 3 aromatic carbocycles. The lowest BCUT2D eigenvalue weighted by molar-refractivity contribution is -0.157. The smallest absolute Gasteiger partial charge is 0.408 e. The van der Waals surface area contributed by atoms with Crippen LogP contribution in [0.5, 0.6) is 0 Å². The first-order chi connectivity index (χ1) is 17.8. The number of hydrogen-bond acceptors (Lipinski definition) is 5. The molecule has 0 bridgehead atoms. The minimum absolute atomic E-state index is 0.564. The molecule has 0 heterocycles. The molecule has 0 unspecified atom stereocenters. The van der Waals surface area contributed by atoms with Gasteiger partial charge in [0.2, 0.25) is 0 Å². The third-order valence-corrected chi connectivity index (χ3v) is 5.76. The fourth-order valence-corrected chi connectivity index (χ4v) is 3.99. The topological polar surface area (TPSA) is 77.0 Å². The number of benzene rings is 3. The zero-order valence-corrected chi connectivity index (χ0v) is 24.3. The molecular formula is C31H35BrN2O4. The van der Waals surface area contributed by atoms with Crippen LogP contribution in [0.4, 0.5) is 4.79 Å². The van der Waals surface area contributed by atoms with Crippen molar-refractivity contribution in [1.29, 1.82) is 0 Å². The highest BCUT2D eigenvalue weighted by atomic mass is 79.9. The molecule has 0 aliphatic rings. The standard InChI is InChI=1S/C31H35BrN2O4/c1-30(2,3)37-28(35)27(33-25(21-13-9-7-10-14-21)22-15-11-8-12-16-22)26(23-17-19-24(32)20-18-23)34-29(36)38-31(4,5)6/h7-20,26-27H,1-6H3,(H,34,36)/t26-,27+/m1/s1. The van der Waals surface area contributed by atoms with Crippen molar-refractivity contribution in [3.8, 4) is 0 Å². The molecule has 200 valence electrons. The molecule has 0 saturated heterocycles. The number of carbonyl (C=O) groups is 2. The highest BCUT2D eigenvalue weighted by Gasteiger charge is 2.36. The van der Waals surface area contributed by atoms with E-state index in [0.29, 0.717) is 11.3 Å². The largest absolute Gasteiger partial charge is 0.458 e. The lowest BCUT2D eigenvalue weighted by Gasteiger charge is -2.30. The molecule has 1 N–H and O–H groups in total. The summed E-state index contributed by atoms with van der Waals surface area (Å²) in [6.07, 6.45) is -0.657. The maximum absolute atomic E-state index is 13.8. The van der Waals surface area contributed by atoms with Crippen LogP contribution in [0.25, 0.3) is 0 Å². The fraction of sp³-hybridized carbons (Fsp3) is 0.323. The van der Waals surface area contributed by atoms with Crippen molar-refractivity contribution in [2.24, 2.45) is 4.99 Å². The van der Waals surface area contributed by atoms with E-state index in [4.69, 9.17) is 14.5 Å². The molecule has 0 aliphatic heterocycles. The van der Waals surface area contributed by atoms with Gasteiger partial charge in [0.1, 0.15) is 11.2 Å². The Morgan fingerprint density at radius 1 is 0.737 bits per heavy atom. The second-order valence-corrected chi connectivity index (χ2v) is 11.8. The van der Waals surface area contributed by atoms with Gasteiger partial charge in [0, 0.05) is 15.6 Å². The molecule has 0 spiro atoms. The van der Waals surface area contributed by atoms with Crippen LogP contribution in [0.15, 0.2) is 94.4 Å². The summed E-state index contributed by atoms with van der Waals surface area (Å²) >= 11 is 3.46. The Kier molecular flexibility index (Phi) is 9.50. The Morgan fingerprint density at radius 3 is 1.66 bits per heavy atom. The average molecular weight is 580 g/mol. The van der Waals surface area contributed by atoms with Gasteiger partial charge in [-0.15, -0.1) is 0 Å². The summed E-state index contributed by atoms with van der Waals surface area (Å²) in [4.78, 5) is 31.8. The lowest BCUT2D eigenvalue weighted by atomic mass is 9.97. The molecule has 2 atom stereocenters. The van der Waals surface area contributed by atoms with Gasteiger partial charge >= 0.3 is 12.1 Å². The average Bonchev–Trinajstić information content (AvgIpc) is 2.83. The number of aliphatic imine (C=N–C) groups is 1. The molecule has 0 fully saturated rings.